The lowest BCUT2D eigenvalue weighted by molar-refractivity contribution is -0.161. The van der Waals surface area contributed by atoms with Crippen molar-refractivity contribution in [1.29, 1.82) is 0 Å². The third kappa shape index (κ3) is 36.3. The minimum Gasteiger partial charge on any atom is -0.462 e. The molecule has 0 saturated heterocycles. The molecule has 2 unspecified atom stereocenters. The normalized spacial score (nSPS) is 13.6. The van der Waals surface area contributed by atoms with E-state index in [0.29, 0.717) is 6.42 Å². The van der Waals surface area contributed by atoms with E-state index >= 15 is 0 Å². The molecule has 0 radical (unpaired) electrons. The maximum atomic E-state index is 12.5. The standard InChI is InChI=1S/C40H76NO8P/c1-3-5-7-9-11-13-15-17-19-21-23-25-27-29-31-33-40(43)49-38(37-48-50(44,45)47-35-34-41)36-46-39(42)32-30-28-26-24-22-20-18-16-14-12-10-8-6-4-2/h11,13,17,19,38H,3-10,12,14-16,18,20-37,41H2,1-2H3,(H,44,45). The number of ether oxygens (including phenoxy) is 2. The first kappa shape index (κ1) is 48.5. The summed E-state index contributed by atoms with van der Waals surface area (Å²) in [7, 11) is -4.37. The summed E-state index contributed by atoms with van der Waals surface area (Å²) in [6.45, 7) is 3.69. The highest BCUT2D eigenvalue weighted by atomic mass is 31.2. The Balaban J connectivity index is 4.20. The Labute approximate surface area is 306 Å². The number of carbonyl (C=O) groups is 2. The van der Waals surface area contributed by atoms with Crippen LogP contribution in [0.1, 0.15) is 187 Å². The van der Waals surface area contributed by atoms with Crippen LogP contribution < -0.4 is 5.73 Å². The quantitative estimate of drug-likeness (QED) is 0.0275. The summed E-state index contributed by atoms with van der Waals surface area (Å²) >= 11 is 0. The molecule has 0 amide bonds. The highest BCUT2D eigenvalue weighted by Gasteiger charge is 2.26. The minimum absolute atomic E-state index is 0.0523. The molecule has 10 heteroatoms. The fourth-order valence-corrected chi connectivity index (χ4v) is 6.31. The van der Waals surface area contributed by atoms with Crippen molar-refractivity contribution in [3.05, 3.63) is 24.3 Å². The number of esters is 2. The molecule has 0 spiro atoms. The van der Waals surface area contributed by atoms with Crippen molar-refractivity contribution in [2.75, 3.05) is 26.4 Å². The van der Waals surface area contributed by atoms with E-state index < -0.39 is 26.5 Å². The van der Waals surface area contributed by atoms with Gasteiger partial charge in [0, 0.05) is 19.4 Å². The molecular weight excluding hydrogens is 653 g/mol. The van der Waals surface area contributed by atoms with Crippen molar-refractivity contribution < 1.29 is 37.6 Å². The number of phosphoric ester groups is 1. The van der Waals surface area contributed by atoms with E-state index in [1.807, 2.05) is 0 Å². The lowest BCUT2D eigenvalue weighted by atomic mass is 10.0. The molecule has 0 aliphatic heterocycles. The van der Waals surface area contributed by atoms with Gasteiger partial charge in [0.25, 0.3) is 0 Å². The summed E-state index contributed by atoms with van der Waals surface area (Å²) in [6.07, 6.45) is 37.7. The van der Waals surface area contributed by atoms with Gasteiger partial charge in [-0.2, -0.15) is 0 Å². The van der Waals surface area contributed by atoms with Crippen molar-refractivity contribution in [2.45, 2.75) is 193 Å². The molecule has 0 aromatic carbocycles. The molecule has 0 aliphatic carbocycles. The van der Waals surface area contributed by atoms with Gasteiger partial charge in [0.2, 0.25) is 0 Å². The second-order valence-electron chi connectivity index (χ2n) is 13.5. The van der Waals surface area contributed by atoms with Gasteiger partial charge in [-0.25, -0.2) is 4.57 Å². The summed E-state index contributed by atoms with van der Waals surface area (Å²) in [6, 6.07) is 0. The van der Waals surface area contributed by atoms with Gasteiger partial charge in [0.1, 0.15) is 6.61 Å². The number of phosphoric acid groups is 1. The molecule has 0 heterocycles. The van der Waals surface area contributed by atoms with Crippen LogP contribution in [-0.2, 0) is 32.7 Å². The van der Waals surface area contributed by atoms with Crippen LogP contribution in [0.5, 0.6) is 0 Å². The first-order valence-electron chi connectivity index (χ1n) is 20.3. The van der Waals surface area contributed by atoms with Gasteiger partial charge >= 0.3 is 19.8 Å². The van der Waals surface area contributed by atoms with Crippen molar-refractivity contribution in [3.63, 3.8) is 0 Å². The Morgan fingerprint density at radius 2 is 1.04 bits per heavy atom. The van der Waals surface area contributed by atoms with E-state index in [1.54, 1.807) is 0 Å². The van der Waals surface area contributed by atoms with E-state index in [1.165, 1.54) is 96.3 Å². The minimum atomic E-state index is -4.37. The second kappa shape index (κ2) is 37.3. The fraction of sp³-hybridized carbons (Fsp3) is 0.850. The van der Waals surface area contributed by atoms with Crippen molar-refractivity contribution in [2.24, 2.45) is 5.73 Å². The van der Waals surface area contributed by atoms with E-state index in [9.17, 15) is 19.0 Å². The van der Waals surface area contributed by atoms with Crippen molar-refractivity contribution in [1.82, 2.24) is 0 Å². The smallest absolute Gasteiger partial charge is 0.462 e. The van der Waals surface area contributed by atoms with Gasteiger partial charge < -0.3 is 20.1 Å². The Bertz CT molecular complexity index is 881. The van der Waals surface area contributed by atoms with Crippen molar-refractivity contribution in [3.8, 4) is 0 Å². The summed E-state index contributed by atoms with van der Waals surface area (Å²) in [5.41, 5.74) is 5.34. The lowest BCUT2D eigenvalue weighted by Gasteiger charge is -2.19. The average molecular weight is 730 g/mol. The lowest BCUT2D eigenvalue weighted by Crippen LogP contribution is -2.29. The third-order valence-electron chi connectivity index (χ3n) is 8.59. The van der Waals surface area contributed by atoms with Gasteiger partial charge in [0.05, 0.1) is 13.2 Å². The third-order valence-corrected chi connectivity index (χ3v) is 9.57. The van der Waals surface area contributed by atoms with Gasteiger partial charge in [-0.1, -0.05) is 154 Å². The number of allylic oxidation sites excluding steroid dienone is 4. The van der Waals surface area contributed by atoms with Gasteiger partial charge in [-0.3, -0.25) is 18.6 Å². The Morgan fingerprint density at radius 3 is 1.56 bits per heavy atom. The zero-order valence-electron chi connectivity index (χ0n) is 32.1. The Hall–Kier alpha value is -1.51. The molecule has 0 aromatic heterocycles. The number of carbonyl (C=O) groups excluding carboxylic acids is 2. The van der Waals surface area contributed by atoms with Crippen molar-refractivity contribution >= 4 is 19.8 Å². The molecule has 0 aliphatic rings. The Kier molecular flexibility index (Phi) is 36.1. The number of unbranched alkanes of at least 4 members (excludes halogenated alkanes) is 21. The van der Waals surface area contributed by atoms with Crippen LogP contribution >= 0.6 is 7.82 Å². The summed E-state index contributed by atoms with van der Waals surface area (Å²) in [5.74, 6) is -0.840. The maximum Gasteiger partial charge on any atom is 0.472 e. The molecule has 0 bridgehead atoms. The molecule has 294 valence electrons. The molecule has 2 atom stereocenters. The van der Waals surface area contributed by atoms with E-state index in [2.05, 4.69) is 38.2 Å². The number of hydrogen-bond acceptors (Lipinski definition) is 8. The summed E-state index contributed by atoms with van der Waals surface area (Å²) in [4.78, 5) is 34.8. The topological polar surface area (TPSA) is 134 Å². The average Bonchev–Trinajstić information content (AvgIpc) is 3.10. The molecule has 0 fully saturated rings. The molecule has 9 nitrogen and oxygen atoms in total. The Morgan fingerprint density at radius 1 is 0.600 bits per heavy atom. The number of rotatable bonds is 38. The first-order valence-corrected chi connectivity index (χ1v) is 21.8. The summed E-state index contributed by atoms with van der Waals surface area (Å²) in [5, 5.41) is 0. The molecule has 3 N–H and O–H groups in total. The fourth-order valence-electron chi connectivity index (χ4n) is 5.55. The zero-order valence-corrected chi connectivity index (χ0v) is 33.0. The largest absolute Gasteiger partial charge is 0.472 e. The zero-order chi connectivity index (χ0) is 36.8. The van der Waals surface area contributed by atoms with Crippen LogP contribution in [0.25, 0.3) is 0 Å². The molecular formula is C40H76NO8P. The van der Waals surface area contributed by atoms with Crippen LogP contribution in [0.15, 0.2) is 24.3 Å². The molecule has 0 saturated carbocycles. The summed E-state index contributed by atoms with van der Waals surface area (Å²) < 4.78 is 32.7. The van der Waals surface area contributed by atoms with Gasteiger partial charge in [0.15, 0.2) is 6.10 Å². The van der Waals surface area contributed by atoms with Gasteiger partial charge in [-0.15, -0.1) is 0 Å². The monoisotopic (exact) mass is 730 g/mol. The van der Waals surface area contributed by atoms with Crippen LogP contribution in [0.3, 0.4) is 0 Å². The maximum absolute atomic E-state index is 12.5. The van der Waals surface area contributed by atoms with Crippen LogP contribution in [0, 0.1) is 0 Å². The molecule has 0 aromatic rings. The second-order valence-corrected chi connectivity index (χ2v) is 15.0. The SMILES string of the molecule is CCCCCC=CCC=CCCCCCCCC(=O)OC(COC(=O)CCCCCCCCCCCCCCCC)COP(=O)(O)OCCN. The molecule has 0 rings (SSSR count). The van der Waals surface area contributed by atoms with Crippen LogP contribution in [-0.4, -0.2) is 49.3 Å². The van der Waals surface area contributed by atoms with E-state index in [4.69, 9.17) is 24.3 Å². The highest BCUT2D eigenvalue weighted by Crippen LogP contribution is 2.43. The number of hydrogen-bond donors (Lipinski definition) is 2. The highest BCUT2D eigenvalue weighted by molar-refractivity contribution is 7.47. The van der Waals surface area contributed by atoms with Crippen LogP contribution in [0.2, 0.25) is 0 Å². The molecule has 50 heavy (non-hydrogen) atoms. The first-order chi connectivity index (χ1) is 24.3. The predicted molar refractivity (Wildman–Crippen MR) is 206 cm³/mol. The van der Waals surface area contributed by atoms with Gasteiger partial charge in [-0.05, 0) is 44.9 Å². The van der Waals surface area contributed by atoms with E-state index in [0.717, 1.165) is 57.8 Å². The predicted octanol–water partition coefficient (Wildman–Crippen LogP) is 11.2. The number of nitrogens with two attached hydrogens (primary N) is 1. The van der Waals surface area contributed by atoms with Crippen LogP contribution in [0.4, 0.5) is 0 Å². The van der Waals surface area contributed by atoms with E-state index in [-0.39, 0.29) is 38.6 Å².